The van der Waals surface area contributed by atoms with Crippen LogP contribution in [0.1, 0.15) is 40.2 Å². The minimum absolute atomic E-state index is 0.0811. The Balaban J connectivity index is 1.24. The van der Waals surface area contributed by atoms with Crippen LogP contribution in [-0.4, -0.2) is 171 Å². The van der Waals surface area contributed by atoms with Crippen LogP contribution in [-0.2, 0) is 55.6 Å². The quantitative estimate of drug-likeness (QED) is 0.0359. The van der Waals surface area contributed by atoms with Gasteiger partial charge in [0.1, 0.15) is 36.6 Å². The van der Waals surface area contributed by atoms with Gasteiger partial charge >= 0.3 is 17.9 Å². The molecule has 0 aromatic heterocycles. The second-order valence-corrected chi connectivity index (χ2v) is 16.1. The summed E-state index contributed by atoms with van der Waals surface area (Å²) in [5, 5.41) is 144. The molecule has 11 atom stereocenters. The fraction of sp³-hybridized carbons (Fsp3) is 0.370. The predicted octanol–water partition coefficient (Wildman–Crippen LogP) is 0.179. The minimum Gasteiger partial charge on any atom is -0.504 e. The number of ether oxygens (including phenoxy) is 6. The van der Waals surface area contributed by atoms with E-state index in [1.165, 1.54) is 24.3 Å². The molecule has 0 aliphatic carbocycles. The van der Waals surface area contributed by atoms with E-state index < -0.39 is 164 Å². The van der Waals surface area contributed by atoms with Gasteiger partial charge in [0.15, 0.2) is 64.7 Å². The van der Waals surface area contributed by atoms with Crippen molar-refractivity contribution in [1.29, 1.82) is 0 Å². The standard InChI is InChI=1S/C46H50O23/c47-18-36-42(68-37(57)8-3-20-1-5-26(48)29(51)11-20)43(69-45-40(60)39(59)34(56)19-65-45)41(61)46(67-36)64-10-9-23-15-32(54)33(55)16-24(23)25(22-4-7-28(50)31(53)14-22)17-38(58)66-35(44(62)63)13-21-2-6-27(49)30(52)12-21/h1-8,11-12,14-16,25,34-36,39-43,45-56,59-61H,9-10,13,17-19H2,(H,62,63)/t25-,34+,35+,36+,39-,40+,41+,42+,43+,45-,46+/m0/s1. The minimum atomic E-state index is -1.95. The van der Waals surface area contributed by atoms with Crippen molar-refractivity contribution < 1.29 is 114 Å². The lowest BCUT2D eigenvalue weighted by atomic mass is 9.84. The highest BCUT2D eigenvalue weighted by Crippen LogP contribution is 2.40. The normalized spacial score (nSPS) is 24.6. The molecule has 0 radical (unpaired) electrons. The molecule has 4 aromatic rings. The fourth-order valence-electron chi connectivity index (χ4n) is 7.60. The molecular weight excluding hydrogens is 920 g/mol. The molecule has 372 valence electrons. The highest BCUT2D eigenvalue weighted by Gasteiger charge is 2.51. The van der Waals surface area contributed by atoms with Crippen molar-refractivity contribution in [3.63, 3.8) is 0 Å². The first-order chi connectivity index (χ1) is 32.7. The van der Waals surface area contributed by atoms with E-state index in [2.05, 4.69) is 0 Å². The number of hydrogen-bond donors (Lipinski definition) is 14. The Bertz CT molecular complexity index is 2490. The maximum Gasteiger partial charge on any atom is 0.345 e. The fourth-order valence-corrected chi connectivity index (χ4v) is 7.60. The molecule has 0 bridgehead atoms. The molecule has 2 fully saturated rings. The summed E-state index contributed by atoms with van der Waals surface area (Å²) in [6, 6.07) is 12.9. The van der Waals surface area contributed by atoms with Crippen LogP contribution < -0.4 is 0 Å². The number of aliphatic hydroxyl groups is 5. The van der Waals surface area contributed by atoms with Crippen molar-refractivity contribution in [1.82, 2.24) is 0 Å². The molecule has 2 aliphatic rings. The van der Waals surface area contributed by atoms with Crippen LogP contribution >= 0.6 is 0 Å². The maximum atomic E-state index is 13.6. The van der Waals surface area contributed by atoms with Crippen molar-refractivity contribution in [2.45, 2.75) is 86.6 Å². The maximum absolute atomic E-state index is 13.6. The van der Waals surface area contributed by atoms with Crippen LogP contribution in [0.25, 0.3) is 6.08 Å². The van der Waals surface area contributed by atoms with Crippen LogP contribution in [0.5, 0.6) is 46.0 Å². The first-order valence-electron chi connectivity index (χ1n) is 21.0. The summed E-state index contributed by atoms with van der Waals surface area (Å²) in [6.07, 6.45) is -16.7. The molecule has 0 amide bonds. The highest BCUT2D eigenvalue weighted by atomic mass is 16.7. The third kappa shape index (κ3) is 12.6. The zero-order valence-electron chi connectivity index (χ0n) is 36.0. The van der Waals surface area contributed by atoms with E-state index in [0.717, 1.165) is 54.6 Å². The average molecular weight is 971 g/mol. The van der Waals surface area contributed by atoms with Gasteiger partial charge in [0.05, 0.1) is 26.2 Å². The highest BCUT2D eigenvalue weighted by molar-refractivity contribution is 5.87. The van der Waals surface area contributed by atoms with Crippen LogP contribution in [0.3, 0.4) is 0 Å². The molecule has 0 spiro atoms. The van der Waals surface area contributed by atoms with Gasteiger partial charge in [0.25, 0.3) is 0 Å². The number of benzene rings is 4. The second kappa shape index (κ2) is 22.5. The SMILES string of the molecule is O=C(C=Cc1ccc(O)c(O)c1)O[C@H]1[C@H](O[C@@H]2OC[C@@H](O)[C@H](O)[C@H]2O)[C@@H](O)[C@H](OCCc2cc(O)c(O)cc2[C@@H](CC(=O)O[C@H](Cc2ccc(O)c(O)c2)C(=O)O)c2ccc(O)c(O)c2)O[C@@H]1CO. The molecule has 4 aromatic carbocycles. The number of phenols is 8. The zero-order chi connectivity index (χ0) is 50.3. The number of aromatic hydroxyl groups is 8. The van der Waals surface area contributed by atoms with Gasteiger partial charge in [-0.05, 0) is 88.8 Å². The number of esters is 2. The number of aliphatic hydroxyl groups excluding tert-OH is 5. The van der Waals surface area contributed by atoms with E-state index in [9.17, 15) is 85.9 Å². The van der Waals surface area contributed by atoms with E-state index in [1.54, 1.807) is 0 Å². The molecule has 23 nitrogen and oxygen atoms in total. The van der Waals surface area contributed by atoms with Gasteiger partial charge in [-0.25, -0.2) is 9.59 Å². The van der Waals surface area contributed by atoms with E-state index >= 15 is 0 Å². The molecule has 0 unspecified atom stereocenters. The second-order valence-electron chi connectivity index (χ2n) is 16.1. The first kappa shape index (κ1) is 51.5. The van der Waals surface area contributed by atoms with Crippen LogP contribution in [0.4, 0.5) is 0 Å². The molecule has 0 saturated carbocycles. The summed E-state index contributed by atoms with van der Waals surface area (Å²) in [6.45, 7) is -1.88. The molecule has 6 rings (SSSR count). The van der Waals surface area contributed by atoms with Crippen molar-refractivity contribution in [2.24, 2.45) is 0 Å². The molecule has 69 heavy (non-hydrogen) atoms. The van der Waals surface area contributed by atoms with Gasteiger partial charge in [-0.1, -0.05) is 18.2 Å². The van der Waals surface area contributed by atoms with E-state index in [1.807, 2.05) is 0 Å². The topological polar surface area (TPSA) is 390 Å². The monoisotopic (exact) mass is 970 g/mol. The largest absolute Gasteiger partial charge is 0.504 e. The molecule has 14 N–H and O–H groups in total. The van der Waals surface area contributed by atoms with Gasteiger partial charge in [0, 0.05) is 18.4 Å². The van der Waals surface area contributed by atoms with Gasteiger partial charge in [0.2, 0.25) is 6.10 Å². The van der Waals surface area contributed by atoms with E-state index in [-0.39, 0.29) is 34.2 Å². The Kier molecular flexibility index (Phi) is 16.7. The van der Waals surface area contributed by atoms with Crippen molar-refractivity contribution in [3.8, 4) is 46.0 Å². The summed E-state index contributed by atoms with van der Waals surface area (Å²) >= 11 is 0. The zero-order valence-corrected chi connectivity index (χ0v) is 36.0. The molecule has 2 saturated heterocycles. The third-order valence-electron chi connectivity index (χ3n) is 11.3. The van der Waals surface area contributed by atoms with Crippen molar-refractivity contribution >= 4 is 24.0 Å². The average Bonchev–Trinajstić information content (AvgIpc) is 3.30. The van der Waals surface area contributed by atoms with Crippen molar-refractivity contribution in [2.75, 3.05) is 19.8 Å². The Hall–Kier alpha value is -6.93. The number of carbonyl (C=O) groups is 3. The summed E-state index contributed by atoms with van der Waals surface area (Å²) in [5.41, 5.74) is 0.792. The molecular formula is C46H50O23. The van der Waals surface area contributed by atoms with Gasteiger partial charge in [-0.15, -0.1) is 0 Å². The predicted molar refractivity (Wildman–Crippen MR) is 230 cm³/mol. The molecule has 2 aliphatic heterocycles. The number of phenolic OH excluding ortho intramolecular Hbond substituents is 8. The first-order valence-corrected chi connectivity index (χ1v) is 21.0. The summed E-state index contributed by atoms with van der Waals surface area (Å²) < 4.78 is 33.8. The summed E-state index contributed by atoms with van der Waals surface area (Å²) in [5.74, 6) is -9.40. The lowest BCUT2D eigenvalue weighted by Gasteiger charge is -2.45. The van der Waals surface area contributed by atoms with Gasteiger partial charge in [-0.3, -0.25) is 4.79 Å². The third-order valence-corrected chi connectivity index (χ3v) is 11.3. The summed E-state index contributed by atoms with van der Waals surface area (Å²) in [4.78, 5) is 38.9. The number of carboxylic acids is 1. The lowest BCUT2D eigenvalue weighted by Crippen LogP contribution is -2.64. The Labute approximate surface area is 390 Å². The van der Waals surface area contributed by atoms with E-state index in [4.69, 9.17) is 28.4 Å². The summed E-state index contributed by atoms with van der Waals surface area (Å²) in [7, 11) is 0. The van der Waals surface area contributed by atoms with Crippen molar-refractivity contribution in [3.05, 3.63) is 101 Å². The number of aliphatic carboxylic acids is 1. The number of rotatable bonds is 18. The smallest absolute Gasteiger partial charge is 0.345 e. The van der Waals surface area contributed by atoms with Crippen LogP contribution in [0.15, 0.2) is 72.8 Å². The number of carboxylic acid groups (broad SMARTS) is 1. The van der Waals surface area contributed by atoms with E-state index in [0.29, 0.717) is 0 Å². The van der Waals surface area contributed by atoms with Gasteiger partial charge < -0.3 is 99.9 Å². The van der Waals surface area contributed by atoms with Crippen LogP contribution in [0, 0.1) is 0 Å². The van der Waals surface area contributed by atoms with Crippen LogP contribution in [0.2, 0.25) is 0 Å². The number of hydrogen-bond acceptors (Lipinski definition) is 22. The number of carbonyl (C=O) groups excluding carboxylic acids is 2. The Morgan fingerprint density at radius 1 is 0.710 bits per heavy atom. The Morgan fingerprint density at radius 2 is 1.35 bits per heavy atom. The Morgan fingerprint density at radius 3 is 2.00 bits per heavy atom. The molecule has 2 heterocycles. The van der Waals surface area contributed by atoms with Gasteiger partial charge in [-0.2, -0.15) is 0 Å². The molecule has 23 heteroatoms. The lowest BCUT2D eigenvalue weighted by molar-refractivity contribution is -0.349.